The number of rotatable bonds is 7. The zero-order chi connectivity index (χ0) is 21.0. The van der Waals surface area contributed by atoms with Crippen LogP contribution < -0.4 is 10.0 Å². The van der Waals surface area contributed by atoms with Gasteiger partial charge in [-0.15, -0.1) is 0 Å². The number of sulfonamides is 1. The van der Waals surface area contributed by atoms with Crippen molar-refractivity contribution in [1.29, 1.82) is 0 Å². The summed E-state index contributed by atoms with van der Waals surface area (Å²) in [6.07, 6.45) is 1.71. The summed E-state index contributed by atoms with van der Waals surface area (Å²) < 4.78 is 33.2. The highest BCUT2D eigenvalue weighted by molar-refractivity contribution is 7.89. The molecule has 1 fully saturated rings. The molecule has 0 bridgehead atoms. The second kappa shape index (κ2) is 9.07. The molecule has 2 aromatic carbocycles. The third-order valence-corrected chi connectivity index (χ3v) is 6.60. The van der Waals surface area contributed by atoms with Crippen molar-refractivity contribution in [1.82, 2.24) is 10.0 Å². The van der Waals surface area contributed by atoms with Gasteiger partial charge in [0.1, 0.15) is 0 Å². The highest BCUT2D eigenvalue weighted by Crippen LogP contribution is 2.20. The third-order valence-electron chi connectivity index (χ3n) is 5.18. The third kappa shape index (κ3) is 5.44. The van der Waals surface area contributed by atoms with Crippen LogP contribution in [-0.2, 0) is 14.8 Å². The van der Waals surface area contributed by atoms with Crippen LogP contribution in [0, 0.1) is 13.8 Å². The summed E-state index contributed by atoms with van der Waals surface area (Å²) in [6.45, 7) is 6.84. The van der Waals surface area contributed by atoms with Crippen molar-refractivity contribution in [2.24, 2.45) is 0 Å². The van der Waals surface area contributed by atoms with E-state index in [-0.39, 0.29) is 29.5 Å². The minimum Gasteiger partial charge on any atom is -0.377 e. The van der Waals surface area contributed by atoms with Crippen molar-refractivity contribution in [3.63, 3.8) is 0 Å². The number of benzene rings is 2. The number of aryl methyl sites for hydroxylation is 2. The molecule has 7 heteroatoms. The average Bonchev–Trinajstić information content (AvgIpc) is 3.22. The largest absolute Gasteiger partial charge is 0.377 e. The number of carbonyl (C=O) groups is 1. The lowest BCUT2D eigenvalue weighted by atomic mass is 10.00. The number of amides is 1. The van der Waals surface area contributed by atoms with Crippen LogP contribution in [0.25, 0.3) is 0 Å². The second-order valence-corrected chi connectivity index (χ2v) is 9.34. The van der Waals surface area contributed by atoms with Gasteiger partial charge in [0.25, 0.3) is 5.91 Å². The van der Waals surface area contributed by atoms with Crippen molar-refractivity contribution in [3.8, 4) is 0 Å². The Morgan fingerprint density at radius 2 is 2.00 bits per heavy atom. The lowest BCUT2D eigenvalue weighted by Crippen LogP contribution is -2.32. The second-order valence-electron chi connectivity index (χ2n) is 7.57. The van der Waals surface area contributed by atoms with Gasteiger partial charge in [-0.1, -0.05) is 29.8 Å². The summed E-state index contributed by atoms with van der Waals surface area (Å²) in [7, 11) is -3.71. The normalized spacial score (nSPS) is 17.8. The van der Waals surface area contributed by atoms with E-state index in [1.807, 2.05) is 32.9 Å². The smallest absolute Gasteiger partial charge is 0.251 e. The highest BCUT2D eigenvalue weighted by atomic mass is 32.2. The van der Waals surface area contributed by atoms with Gasteiger partial charge < -0.3 is 10.1 Å². The fourth-order valence-corrected chi connectivity index (χ4v) is 4.59. The Hall–Kier alpha value is -2.22. The predicted molar refractivity (Wildman–Crippen MR) is 112 cm³/mol. The number of carbonyl (C=O) groups excluding carboxylic acids is 1. The zero-order valence-electron chi connectivity index (χ0n) is 17.1. The molecule has 2 atom stereocenters. The van der Waals surface area contributed by atoms with Crippen LogP contribution in [0.5, 0.6) is 0 Å². The quantitative estimate of drug-likeness (QED) is 0.726. The van der Waals surface area contributed by atoms with Gasteiger partial charge in [0.15, 0.2) is 0 Å². The molecule has 1 aliphatic rings. The SMILES string of the molecule is Cc1ccc(C)c(C(C)NC(=O)c2cccc(S(=O)(=O)NCC3CCCO3)c2)c1. The van der Waals surface area contributed by atoms with E-state index in [0.29, 0.717) is 12.2 Å². The molecular weight excluding hydrogens is 388 g/mol. The molecule has 0 saturated carbocycles. The first-order valence-electron chi connectivity index (χ1n) is 9.85. The Morgan fingerprint density at radius 1 is 1.21 bits per heavy atom. The van der Waals surface area contributed by atoms with Crippen molar-refractivity contribution in [3.05, 3.63) is 64.7 Å². The maximum absolute atomic E-state index is 12.7. The van der Waals surface area contributed by atoms with E-state index in [1.165, 1.54) is 12.1 Å². The Kier molecular flexibility index (Phi) is 6.72. The molecule has 29 heavy (non-hydrogen) atoms. The molecule has 0 aliphatic carbocycles. The lowest BCUT2D eigenvalue weighted by molar-refractivity contribution is 0.0939. The Labute approximate surface area is 172 Å². The summed E-state index contributed by atoms with van der Waals surface area (Å²) >= 11 is 0. The first-order chi connectivity index (χ1) is 13.8. The van der Waals surface area contributed by atoms with E-state index in [2.05, 4.69) is 16.1 Å². The first-order valence-corrected chi connectivity index (χ1v) is 11.3. The fourth-order valence-electron chi connectivity index (χ4n) is 3.48. The summed E-state index contributed by atoms with van der Waals surface area (Å²) in [6, 6.07) is 12.0. The molecule has 1 heterocycles. The molecule has 1 saturated heterocycles. The molecule has 0 radical (unpaired) electrons. The molecule has 2 unspecified atom stereocenters. The molecule has 2 N–H and O–H groups in total. The van der Waals surface area contributed by atoms with Crippen LogP contribution in [0.2, 0.25) is 0 Å². The van der Waals surface area contributed by atoms with E-state index < -0.39 is 10.0 Å². The minimum atomic E-state index is -3.71. The van der Waals surface area contributed by atoms with Gasteiger partial charge in [-0.25, -0.2) is 13.1 Å². The van der Waals surface area contributed by atoms with Gasteiger partial charge in [-0.05, 0) is 62.9 Å². The summed E-state index contributed by atoms with van der Waals surface area (Å²) in [5.41, 5.74) is 3.57. The van der Waals surface area contributed by atoms with Crippen LogP contribution in [0.3, 0.4) is 0 Å². The molecule has 0 spiro atoms. The van der Waals surface area contributed by atoms with E-state index in [1.54, 1.807) is 12.1 Å². The Bertz CT molecular complexity index is 982. The molecule has 6 nitrogen and oxygen atoms in total. The molecule has 3 rings (SSSR count). The number of ether oxygens (including phenoxy) is 1. The molecular formula is C22H28N2O4S. The van der Waals surface area contributed by atoms with Crippen molar-refractivity contribution >= 4 is 15.9 Å². The van der Waals surface area contributed by atoms with E-state index in [0.717, 1.165) is 29.5 Å². The van der Waals surface area contributed by atoms with E-state index in [4.69, 9.17) is 4.74 Å². The van der Waals surface area contributed by atoms with Crippen molar-refractivity contribution in [2.45, 2.75) is 50.7 Å². The number of hydrogen-bond donors (Lipinski definition) is 2. The number of hydrogen-bond acceptors (Lipinski definition) is 4. The van der Waals surface area contributed by atoms with Gasteiger partial charge in [-0.2, -0.15) is 0 Å². The standard InChI is InChI=1S/C22H28N2O4S/c1-15-9-10-16(2)21(12-15)17(3)24-22(25)18-6-4-8-20(13-18)29(26,27)23-14-19-7-5-11-28-19/h4,6,8-10,12-13,17,19,23H,5,7,11,14H2,1-3H3,(H,24,25). The summed E-state index contributed by atoms with van der Waals surface area (Å²) in [5.74, 6) is -0.311. The van der Waals surface area contributed by atoms with Gasteiger partial charge in [-0.3, -0.25) is 4.79 Å². The molecule has 2 aromatic rings. The lowest BCUT2D eigenvalue weighted by Gasteiger charge is -2.18. The van der Waals surface area contributed by atoms with Crippen LogP contribution in [0.4, 0.5) is 0 Å². The van der Waals surface area contributed by atoms with Gasteiger partial charge >= 0.3 is 0 Å². The van der Waals surface area contributed by atoms with Gasteiger partial charge in [0.2, 0.25) is 10.0 Å². The monoisotopic (exact) mass is 416 g/mol. The molecule has 0 aromatic heterocycles. The molecule has 1 aliphatic heterocycles. The first kappa shape index (κ1) is 21.5. The Balaban J connectivity index is 1.70. The Morgan fingerprint density at radius 3 is 2.72 bits per heavy atom. The van der Waals surface area contributed by atoms with Gasteiger partial charge in [0, 0.05) is 18.7 Å². The fraction of sp³-hybridized carbons (Fsp3) is 0.409. The summed E-state index contributed by atoms with van der Waals surface area (Å²) in [4.78, 5) is 12.8. The number of nitrogens with one attached hydrogen (secondary N) is 2. The van der Waals surface area contributed by atoms with Crippen LogP contribution in [0.1, 0.15) is 52.9 Å². The van der Waals surface area contributed by atoms with Crippen molar-refractivity contribution in [2.75, 3.05) is 13.2 Å². The molecule has 156 valence electrons. The molecule has 1 amide bonds. The maximum Gasteiger partial charge on any atom is 0.251 e. The van der Waals surface area contributed by atoms with E-state index in [9.17, 15) is 13.2 Å². The highest BCUT2D eigenvalue weighted by Gasteiger charge is 2.21. The predicted octanol–water partition coefficient (Wildman–Crippen LogP) is 3.25. The van der Waals surface area contributed by atoms with Crippen molar-refractivity contribution < 1.29 is 17.9 Å². The summed E-state index contributed by atoms with van der Waals surface area (Å²) in [5, 5.41) is 2.96. The van der Waals surface area contributed by atoms with Crippen LogP contribution in [0.15, 0.2) is 47.4 Å². The van der Waals surface area contributed by atoms with Gasteiger partial charge in [0.05, 0.1) is 17.0 Å². The van der Waals surface area contributed by atoms with E-state index >= 15 is 0 Å². The maximum atomic E-state index is 12.7. The average molecular weight is 417 g/mol. The zero-order valence-corrected chi connectivity index (χ0v) is 17.9. The van der Waals surface area contributed by atoms with Crippen LogP contribution >= 0.6 is 0 Å². The topological polar surface area (TPSA) is 84.5 Å². The van der Waals surface area contributed by atoms with Crippen LogP contribution in [-0.4, -0.2) is 33.6 Å². The minimum absolute atomic E-state index is 0.0718.